The number of rotatable bonds is 6. The Morgan fingerprint density at radius 1 is 1.27 bits per heavy atom. The molecular weight excluding hydrogens is 387 g/mol. The number of carbonyl (C=O) groups excluding carboxylic acids is 1. The SMILES string of the molecule is CN(C)C(CNC(=O)C(N)C1CCOCC1)c1c(F)cccc1F.Cl.Cl. The summed E-state index contributed by atoms with van der Waals surface area (Å²) in [6.07, 6.45) is 1.49. The summed E-state index contributed by atoms with van der Waals surface area (Å²) in [7, 11) is 3.42. The zero-order valence-electron chi connectivity index (χ0n) is 14.9. The molecule has 1 amide bonds. The summed E-state index contributed by atoms with van der Waals surface area (Å²) >= 11 is 0. The van der Waals surface area contributed by atoms with Gasteiger partial charge in [-0.25, -0.2) is 8.78 Å². The molecule has 1 aromatic rings. The zero-order valence-corrected chi connectivity index (χ0v) is 16.5. The second kappa shape index (κ2) is 11.7. The number of hydrogen-bond acceptors (Lipinski definition) is 4. The van der Waals surface area contributed by atoms with E-state index >= 15 is 0 Å². The van der Waals surface area contributed by atoms with Crippen LogP contribution in [-0.2, 0) is 9.53 Å². The quantitative estimate of drug-likeness (QED) is 0.750. The number of nitrogens with one attached hydrogen (secondary N) is 1. The summed E-state index contributed by atoms with van der Waals surface area (Å²) in [5.74, 6) is -1.49. The third-order valence-electron chi connectivity index (χ3n) is 4.50. The fourth-order valence-electron chi connectivity index (χ4n) is 2.98. The van der Waals surface area contributed by atoms with Crippen LogP contribution in [0.5, 0.6) is 0 Å². The van der Waals surface area contributed by atoms with Crippen LogP contribution in [0.25, 0.3) is 0 Å². The fraction of sp³-hybridized carbons (Fsp3) is 0.588. The fourth-order valence-corrected chi connectivity index (χ4v) is 2.98. The second-order valence-electron chi connectivity index (χ2n) is 6.34. The highest BCUT2D eigenvalue weighted by atomic mass is 35.5. The standard InChI is InChI=1S/C17H25F2N3O2.2ClH/c1-22(2)14(15-12(18)4-3-5-13(15)19)10-21-17(23)16(20)11-6-8-24-9-7-11;;/h3-5,11,14,16H,6-10,20H2,1-2H3,(H,21,23);2*1H. The van der Waals surface area contributed by atoms with Crippen molar-refractivity contribution in [3.8, 4) is 0 Å². The number of hydrogen-bond donors (Lipinski definition) is 2. The van der Waals surface area contributed by atoms with Gasteiger partial charge in [0, 0.05) is 25.3 Å². The van der Waals surface area contributed by atoms with Crippen molar-refractivity contribution in [2.45, 2.75) is 24.9 Å². The van der Waals surface area contributed by atoms with Gasteiger partial charge >= 0.3 is 0 Å². The molecule has 0 aliphatic carbocycles. The molecule has 1 aromatic carbocycles. The predicted molar refractivity (Wildman–Crippen MR) is 102 cm³/mol. The first-order valence-electron chi connectivity index (χ1n) is 8.13. The molecule has 9 heteroatoms. The van der Waals surface area contributed by atoms with Crippen LogP contribution >= 0.6 is 24.8 Å². The molecule has 2 unspecified atom stereocenters. The number of amides is 1. The van der Waals surface area contributed by atoms with Crippen LogP contribution in [0.4, 0.5) is 8.78 Å². The van der Waals surface area contributed by atoms with Gasteiger partial charge in [0.15, 0.2) is 0 Å². The van der Waals surface area contributed by atoms with Crippen LogP contribution in [-0.4, -0.2) is 50.7 Å². The van der Waals surface area contributed by atoms with Gasteiger partial charge in [-0.15, -0.1) is 24.8 Å². The molecule has 5 nitrogen and oxygen atoms in total. The summed E-state index contributed by atoms with van der Waals surface area (Å²) < 4.78 is 33.3. The Kier molecular flexibility index (Phi) is 11.2. The second-order valence-corrected chi connectivity index (χ2v) is 6.34. The van der Waals surface area contributed by atoms with Gasteiger partial charge < -0.3 is 20.7 Å². The molecule has 150 valence electrons. The van der Waals surface area contributed by atoms with Gasteiger partial charge in [-0.1, -0.05) is 6.07 Å². The van der Waals surface area contributed by atoms with Crippen molar-refractivity contribution in [2.24, 2.45) is 11.7 Å². The van der Waals surface area contributed by atoms with Crippen molar-refractivity contribution in [3.63, 3.8) is 0 Å². The third-order valence-corrected chi connectivity index (χ3v) is 4.50. The number of likely N-dealkylation sites (N-methyl/N-ethyl adjacent to an activating group) is 1. The maximum atomic E-state index is 14.0. The lowest BCUT2D eigenvalue weighted by atomic mass is 9.92. The highest BCUT2D eigenvalue weighted by Crippen LogP contribution is 2.24. The monoisotopic (exact) mass is 413 g/mol. The Morgan fingerprint density at radius 2 is 1.81 bits per heavy atom. The first kappa shape index (κ1) is 25.0. The van der Waals surface area contributed by atoms with Crippen molar-refractivity contribution in [1.29, 1.82) is 0 Å². The van der Waals surface area contributed by atoms with Crippen molar-refractivity contribution in [1.82, 2.24) is 10.2 Å². The normalized spacial score (nSPS) is 17.0. The van der Waals surface area contributed by atoms with E-state index in [-0.39, 0.29) is 48.7 Å². The van der Waals surface area contributed by atoms with Gasteiger partial charge in [0.25, 0.3) is 0 Å². The molecule has 26 heavy (non-hydrogen) atoms. The molecule has 0 radical (unpaired) electrons. The number of nitrogens with zero attached hydrogens (tertiary/aromatic N) is 1. The summed E-state index contributed by atoms with van der Waals surface area (Å²) in [5.41, 5.74) is 5.97. The summed E-state index contributed by atoms with van der Waals surface area (Å²) in [6, 6.07) is 2.49. The van der Waals surface area contributed by atoms with Crippen LogP contribution in [0, 0.1) is 17.6 Å². The number of ether oxygens (including phenoxy) is 1. The average molecular weight is 414 g/mol. The van der Waals surface area contributed by atoms with Crippen LogP contribution in [0.3, 0.4) is 0 Å². The van der Waals surface area contributed by atoms with Gasteiger partial charge in [0.2, 0.25) is 5.91 Å². The topological polar surface area (TPSA) is 67.6 Å². The molecule has 1 aliphatic rings. The average Bonchev–Trinajstić information content (AvgIpc) is 2.57. The van der Waals surface area contributed by atoms with E-state index in [0.717, 1.165) is 12.8 Å². The van der Waals surface area contributed by atoms with Gasteiger partial charge in [-0.3, -0.25) is 4.79 Å². The van der Waals surface area contributed by atoms with E-state index in [1.807, 2.05) is 0 Å². The van der Waals surface area contributed by atoms with E-state index in [0.29, 0.717) is 13.2 Å². The first-order valence-corrected chi connectivity index (χ1v) is 8.13. The van der Waals surface area contributed by atoms with E-state index in [1.165, 1.54) is 18.2 Å². The summed E-state index contributed by atoms with van der Waals surface area (Å²) in [5, 5.41) is 2.73. The molecule has 3 N–H and O–H groups in total. The largest absolute Gasteiger partial charge is 0.381 e. The van der Waals surface area contributed by atoms with Crippen LogP contribution in [0.15, 0.2) is 18.2 Å². The lowest BCUT2D eigenvalue weighted by molar-refractivity contribution is -0.124. The Hall–Kier alpha value is -0.990. The molecule has 0 saturated carbocycles. The Bertz CT molecular complexity index is 553. The minimum atomic E-state index is -0.637. The van der Waals surface area contributed by atoms with E-state index < -0.39 is 23.7 Å². The van der Waals surface area contributed by atoms with Gasteiger partial charge in [0.1, 0.15) is 11.6 Å². The highest BCUT2D eigenvalue weighted by Gasteiger charge is 2.28. The molecule has 1 fully saturated rings. The Morgan fingerprint density at radius 3 is 2.31 bits per heavy atom. The van der Waals surface area contributed by atoms with E-state index in [4.69, 9.17) is 10.5 Å². The maximum absolute atomic E-state index is 14.0. The Labute approximate surface area is 165 Å². The van der Waals surface area contributed by atoms with Crippen LogP contribution in [0.1, 0.15) is 24.4 Å². The molecule has 1 aliphatic heterocycles. The number of nitrogens with two attached hydrogens (primary N) is 1. The number of carbonyl (C=O) groups is 1. The smallest absolute Gasteiger partial charge is 0.237 e. The molecule has 0 spiro atoms. The van der Waals surface area contributed by atoms with Gasteiger partial charge in [0.05, 0.1) is 12.1 Å². The third kappa shape index (κ3) is 6.32. The van der Waals surface area contributed by atoms with Gasteiger partial charge in [-0.05, 0) is 45.0 Å². The zero-order chi connectivity index (χ0) is 17.7. The molecule has 0 bridgehead atoms. The highest BCUT2D eigenvalue weighted by molar-refractivity contribution is 5.85. The molecular formula is C17H27Cl2F2N3O2. The molecule has 0 aromatic heterocycles. The predicted octanol–water partition coefficient (Wildman–Crippen LogP) is 2.28. The number of benzene rings is 1. The number of halogens is 4. The van der Waals surface area contributed by atoms with Crippen molar-refractivity contribution >= 4 is 30.7 Å². The lowest BCUT2D eigenvalue weighted by Crippen LogP contribution is -2.48. The lowest BCUT2D eigenvalue weighted by Gasteiger charge is -2.29. The van der Waals surface area contributed by atoms with E-state index in [1.54, 1.807) is 19.0 Å². The maximum Gasteiger partial charge on any atom is 0.237 e. The minimum Gasteiger partial charge on any atom is -0.381 e. The summed E-state index contributed by atoms with van der Waals surface area (Å²) in [6.45, 7) is 1.29. The van der Waals surface area contributed by atoms with Gasteiger partial charge in [-0.2, -0.15) is 0 Å². The van der Waals surface area contributed by atoms with Crippen molar-refractivity contribution in [3.05, 3.63) is 35.4 Å². The van der Waals surface area contributed by atoms with Crippen LogP contribution in [0.2, 0.25) is 0 Å². The molecule has 1 heterocycles. The Balaban J connectivity index is 0.00000312. The first-order chi connectivity index (χ1) is 11.4. The summed E-state index contributed by atoms with van der Waals surface area (Å²) in [4.78, 5) is 14.0. The van der Waals surface area contributed by atoms with Crippen LogP contribution < -0.4 is 11.1 Å². The van der Waals surface area contributed by atoms with Crippen molar-refractivity contribution in [2.75, 3.05) is 33.9 Å². The molecule has 2 atom stereocenters. The molecule has 1 saturated heterocycles. The van der Waals surface area contributed by atoms with E-state index in [2.05, 4.69) is 5.32 Å². The minimum absolute atomic E-state index is 0. The molecule has 2 rings (SSSR count). The van der Waals surface area contributed by atoms with Crippen molar-refractivity contribution < 1.29 is 18.3 Å². The van der Waals surface area contributed by atoms with E-state index in [9.17, 15) is 13.6 Å².